The van der Waals surface area contributed by atoms with E-state index in [9.17, 15) is 14.4 Å². The molecule has 19 heavy (non-hydrogen) atoms. The lowest BCUT2D eigenvalue weighted by molar-refractivity contribution is -0.135. The monoisotopic (exact) mass is 267 g/mol. The molecular formula is C13H21N3O3. The van der Waals surface area contributed by atoms with Gasteiger partial charge in [-0.1, -0.05) is 19.8 Å². The highest BCUT2D eigenvalue weighted by Gasteiger charge is 2.52. The van der Waals surface area contributed by atoms with Crippen molar-refractivity contribution in [3.63, 3.8) is 0 Å². The zero-order chi connectivity index (χ0) is 14.0. The van der Waals surface area contributed by atoms with Gasteiger partial charge in [-0.15, -0.1) is 0 Å². The van der Waals surface area contributed by atoms with E-state index in [2.05, 4.69) is 10.6 Å². The van der Waals surface area contributed by atoms with E-state index in [0.717, 1.165) is 24.2 Å². The van der Waals surface area contributed by atoms with Crippen LogP contribution < -0.4 is 10.6 Å². The van der Waals surface area contributed by atoms with E-state index in [1.807, 2.05) is 13.8 Å². The molecule has 1 heterocycles. The van der Waals surface area contributed by atoms with Crippen molar-refractivity contribution in [1.29, 1.82) is 0 Å². The van der Waals surface area contributed by atoms with Crippen molar-refractivity contribution in [2.45, 2.75) is 57.5 Å². The lowest BCUT2D eigenvalue weighted by Crippen LogP contribution is -2.46. The molecule has 2 aliphatic rings. The number of amides is 4. The van der Waals surface area contributed by atoms with Gasteiger partial charge in [0.15, 0.2) is 0 Å². The number of carbonyl (C=O) groups is 3. The van der Waals surface area contributed by atoms with Crippen LogP contribution in [0.2, 0.25) is 0 Å². The van der Waals surface area contributed by atoms with Crippen LogP contribution in [0, 0.1) is 0 Å². The molecular weight excluding hydrogens is 246 g/mol. The summed E-state index contributed by atoms with van der Waals surface area (Å²) in [5, 5.41) is 5.52. The average Bonchev–Trinajstić information content (AvgIpc) is 2.91. The average molecular weight is 267 g/mol. The molecule has 106 valence electrons. The third-order valence-electron chi connectivity index (χ3n) is 4.02. The largest absolute Gasteiger partial charge is 0.352 e. The molecule has 2 rings (SSSR count). The van der Waals surface area contributed by atoms with Crippen LogP contribution in [0.5, 0.6) is 0 Å². The molecule has 1 saturated heterocycles. The Morgan fingerprint density at radius 1 is 1.42 bits per heavy atom. The summed E-state index contributed by atoms with van der Waals surface area (Å²) in [5.74, 6) is -0.526. The highest BCUT2D eigenvalue weighted by atomic mass is 16.2. The van der Waals surface area contributed by atoms with E-state index in [1.165, 1.54) is 0 Å². The minimum Gasteiger partial charge on any atom is -0.352 e. The Kier molecular flexibility index (Phi) is 3.78. The molecule has 2 N–H and O–H groups in total. The number of imide groups is 1. The molecule has 6 heteroatoms. The zero-order valence-electron chi connectivity index (χ0n) is 11.5. The highest BCUT2D eigenvalue weighted by molar-refractivity contribution is 6.09. The molecule has 0 aromatic rings. The summed E-state index contributed by atoms with van der Waals surface area (Å²) < 4.78 is 0. The summed E-state index contributed by atoms with van der Waals surface area (Å²) in [7, 11) is 0. The number of nitrogens with one attached hydrogen (secondary N) is 2. The van der Waals surface area contributed by atoms with Gasteiger partial charge in [0.2, 0.25) is 5.91 Å². The summed E-state index contributed by atoms with van der Waals surface area (Å²) in [5.41, 5.74) is -0.728. The van der Waals surface area contributed by atoms with Crippen molar-refractivity contribution in [2.24, 2.45) is 0 Å². The SMILES string of the molecule is CC[C@H](C)NC(=O)CN1C(=O)NC2(CCCC2)C1=O. The quantitative estimate of drug-likeness (QED) is 0.738. The number of urea groups is 1. The molecule has 1 atom stereocenters. The number of rotatable bonds is 4. The molecule has 2 fully saturated rings. The second-order valence-electron chi connectivity index (χ2n) is 5.49. The van der Waals surface area contributed by atoms with Crippen molar-refractivity contribution in [1.82, 2.24) is 15.5 Å². The lowest BCUT2D eigenvalue weighted by atomic mass is 9.98. The van der Waals surface area contributed by atoms with Gasteiger partial charge in [0.1, 0.15) is 12.1 Å². The van der Waals surface area contributed by atoms with E-state index < -0.39 is 11.6 Å². The van der Waals surface area contributed by atoms with Crippen LogP contribution >= 0.6 is 0 Å². The molecule has 6 nitrogen and oxygen atoms in total. The molecule has 4 amide bonds. The predicted molar refractivity (Wildman–Crippen MR) is 69.3 cm³/mol. The van der Waals surface area contributed by atoms with Crippen LogP contribution in [-0.4, -0.2) is 40.9 Å². The number of hydrogen-bond donors (Lipinski definition) is 2. The summed E-state index contributed by atoms with van der Waals surface area (Å²) in [6, 6.07) is -0.389. The van der Waals surface area contributed by atoms with E-state index in [4.69, 9.17) is 0 Å². The fourth-order valence-electron chi connectivity index (χ4n) is 2.70. The standard InChI is InChI=1S/C13H21N3O3/c1-3-9(2)14-10(17)8-16-11(18)13(15-12(16)19)6-4-5-7-13/h9H,3-8H2,1-2H3,(H,14,17)(H,15,19)/t9-/m0/s1. The van der Waals surface area contributed by atoms with Crippen LogP contribution in [0.3, 0.4) is 0 Å². The van der Waals surface area contributed by atoms with Crippen LogP contribution in [-0.2, 0) is 9.59 Å². The first kappa shape index (κ1) is 13.8. The Morgan fingerprint density at radius 2 is 2.05 bits per heavy atom. The van der Waals surface area contributed by atoms with Crippen LogP contribution in [0.1, 0.15) is 46.0 Å². The van der Waals surface area contributed by atoms with E-state index >= 15 is 0 Å². The summed E-state index contributed by atoms with van der Waals surface area (Å²) in [6.45, 7) is 3.67. The van der Waals surface area contributed by atoms with Crippen molar-refractivity contribution in [3.8, 4) is 0 Å². The van der Waals surface area contributed by atoms with Gasteiger partial charge in [-0.05, 0) is 26.2 Å². The van der Waals surface area contributed by atoms with Gasteiger partial charge in [-0.2, -0.15) is 0 Å². The number of hydrogen-bond acceptors (Lipinski definition) is 3. The highest BCUT2D eigenvalue weighted by Crippen LogP contribution is 2.34. The Balaban J connectivity index is 1.99. The molecule has 0 bridgehead atoms. The minimum absolute atomic E-state index is 0.0497. The van der Waals surface area contributed by atoms with Crippen molar-refractivity contribution >= 4 is 17.8 Å². The number of carbonyl (C=O) groups excluding carboxylic acids is 3. The van der Waals surface area contributed by atoms with Gasteiger partial charge in [0.25, 0.3) is 5.91 Å². The zero-order valence-corrected chi connectivity index (χ0v) is 11.5. The Morgan fingerprint density at radius 3 is 2.63 bits per heavy atom. The van der Waals surface area contributed by atoms with Crippen LogP contribution in [0.4, 0.5) is 4.79 Å². The topological polar surface area (TPSA) is 78.5 Å². The first-order valence-electron chi connectivity index (χ1n) is 6.92. The summed E-state index contributed by atoms with van der Waals surface area (Å²) in [6.07, 6.45) is 4.07. The Bertz CT molecular complexity index is 402. The third-order valence-corrected chi connectivity index (χ3v) is 4.02. The molecule has 0 unspecified atom stereocenters. The van der Waals surface area contributed by atoms with E-state index in [0.29, 0.717) is 12.8 Å². The molecule has 1 saturated carbocycles. The predicted octanol–water partition coefficient (Wildman–Crippen LogP) is 0.766. The Labute approximate surface area is 112 Å². The molecule has 0 radical (unpaired) electrons. The normalized spacial score (nSPS) is 22.7. The summed E-state index contributed by atoms with van der Waals surface area (Å²) in [4.78, 5) is 37.0. The second-order valence-corrected chi connectivity index (χ2v) is 5.49. The Hall–Kier alpha value is -1.59. The molecule has 0 aromatic carbocycles. The molecule has 1 aliphatic carbocycles. The molecule has 0 aromatic heterocycles. The van der Waals surface area contributed by atoms with E-state index in [-0.39, 0.29) is 24.4 Å². The smallest absolute Gasteiger partial charge is 0.325 e. The van der Waals surface area contributed by atoms with Crippen LogP contribution in [0.15, 0.2) is 0 Å². The van der Waals surface area contributed by atoms with Gasteiger partial charge < -0.3 is 10.6 Å². The van der Waals surface area contributed by atoms with Gasteiger partial charge in [-0.3, -0.25) is 14.5 Å². The van der Waals surface area contributed by atoms with Crippen LogP contribution in [0.25, 0.3) is 0 Å². The molecule has 1 spiro atoms. The minimum atomic E-state index is -0.728. The van der Waals surface area contributed by atoms with E-state index in [1.54, 1.807) is 0 Å². The third kappa shape index (κ3) is 2.57. The van der Waals surface area contributed by atoms with Crippen molar-refractivity contribution in [3.05, 3.63) is 0 Å². The van der Waals surface area contributed by atoms with Crippen molar-refractivity contribution < 1.29 is 14.4 Å². The number of nitrogens with zero attached hydrogens (tertiary/aromatic N) is 1. The fraction of sp³-hybridized carbons (Fsp3) is 0.769. The second kappa shape index (κ2) is 5.19. The van der Waals surface area contributed by atoms with Gasteiger partial charge in [0.05, 0.1) is 0 Å². The summed E-state index contributed by atoms with van der Waals surface area (Å²) >= 11 is 0. The maximum absolute atomic E-state index is 12.3. The fourth-order valence-corrected chi connectivity index (χ4v) is 2.70. The lowest BCUT2D eigenvalue weighted by Gasteiger charge is -2.20. The maximum atomic E-state index is 12.3. The first-order valence-corrected chi connectivity index (χ1v) is 6.92. The van der Waals surface area contributed by atoms with Gasteiger partial charge in [0, 0.05) is 6.04 Å². The van der Waals surface area contributed by atoms with Gasteiger partial charge >= 0.3 is 6.03 Å². The first-order chi connectivity index (χ1) is 8.98. The van der Waals surface area contributed by atoms with Gasteiger partial charge in [-0.25, -0.2) is 4.79 Å². The van der Waals surface area contributed by atoms with Crippen molar-refractivity contribution in [2.75, 3.05) is 6.54 Å². The molecule has 1 aliphatic heterocycles. The maximum Gasteiger partial charge on any atom is 0.325 e.